The lowest BCUT2D eigenvalue weighted by Gasteiger charge is -2.46. The summed E-state index contributed by atoms with van der Waals surface area (Å²) < 4.78 is 17.6. The Morgan fingerprint density at radius 1 is 1.31 bits per heavy atom. The number of aliphatic hydroxyl groups excluding tert-OH is 6. The summed E-state index contributed by atoms with van der Waals surface area (Å²) >= 11 is 0. The van der Waals surface area contributed by atoms with E-state index in [4.69, 9.17) is 19.9 Å². The van der Waals surface area contributed by atoms with Gasteiger partial charge in [0.2, 0.25) is 5.91 Å². The Balaban J connectivity index is 1.67. The van der Waals surface area contributed by atoms with Gasteiger partial charge in [-0.3, -0.25) is 9.36 Å². The number of carboxylic acid groups (broad SMARTS) is 1. The van der Waals surface area contributed by atoms with Crippen molar-refractivity contribution in [3.8, 4) is 0 Å². The molecule has 2 aliphatic rings. The Bertz CT molecular complexity index is 1070. The third-order valence-corrected chi connectivity index (χ3v) is 6.62. The smallest absolute Gasteiger partial charge is 0.364 e. The number of aromatic nitrogens is 2. The number of nitrogens with one attached hydrogen (secondary N) is 1. The molecule has 17 nitrogen and oxygen atoms in total. The Labute approximate surface area is 221 Å². The number of nitrogens with zero attached hydrogens (tertiary/aromatic N) is 2. The summed E-state index contributed by atoms with van der Waals surface area (Å²) in [6.45, 7) is -0.124. The Kier molecular flexibility index (Phi) is 9.97. The van der Waals surface area contributed by atoms with E-state index in [1.165, 1.54) is 12.3 Å². The van der Waals surface area contributed by atoms with Crippen LogP contribution in [0.4, 0.5) is 5.82 Å². The number of anilines is 1. The van der Waals surface area contributed by atoms with Gasteiger partial charge in [0, 0.05) is 19.5 Å². The number of amides is 1. The molecule has 0 saturated carbocycles. The van der Waals surface area contributed by atoms with E-state index in [2.05, 4.69) is 10.3 Å². The first-order valence-electron chi connectivity index (χ1n) is 12.1. The highest BCUT2D eigenvalue weighted by Crippen LogP contribution is 2.35. The highest BCUT2D eigenvalue weighted by molar-refractivity contribution is 5.76. The summed E-state index contributed by atoms with van der Waals surface area (Å²) in [7, 11) is 0. The molecule has 2 saturated heterocycles. The summed E-state index contributed by atoms with van der Waals surface area (Å²) in [6, 6.07) is -0.0173. The number of carboxylic acids is 1. The fourth-order valence-electron chi connectivity index (χ4n) is 4.62. The monoisotopic (exact) mass is 562 g/mol. The maximum Gasteiger partial charge on any atom is 0.364 e. The van der Waals surface area contributed by atoms with E-state index in [1.54, 1.807) is 0 Å². The predicted octanol–water partition coefficient (Wildman–Crippen LogP) is -4.61. The maximum absolute atomic E-state index is 12.2. The quantitative estimate of drug-likeness (QED) is 0.115. The molecule has 0 spiro atoms. The Morgan fingerprint density at radius 3 is 2.59 bits per heavy atom. The molecule has 2 fully saturated rings. The molecule has 0 aromatic carbocycles. The van der Waals surface area contributed by atoms with Crippen LogP contribution in [-0.4, -0.2) is 125 Å². The van der Waals surface area contributed by atoms with Crippen LogP contribution in [0, 0.1) is 0 Å². The first-order chi connectivity index (χ1) is 18.3. The zero-order chi connectivity index (χ0) is 29.1. The second-order valence-corrected chi connectivity index (χ2v) is 9.46. The van der Waals surface area contributed by atoms with Gasteiger partial charge in [0.15, 0.2) is 6.23 Å². The van der Waals surface area contributed by atoms with Gasteiger partial charge in [0.1, 0.15) is 36.3 Å². The number of carbonyl (C=O) groups excluding carboxylic acids is 1. The lowest BCUT2D eigenvalue weighted by molar-refractivity contribution is -0.311. The van der Waals surface area contributed by atoms with Gasteiger partial charge in [-0.05, 0) is 18.9 Å². The first-order valence-corrected chi connectivity index (χ1v) is 12.1. The number of rotatable bonds is 11. The van der Waals surface area contributed by atoms with Crippen molar-refractivity contribution in [1.29, 1.82) is 0 Å². The van der Waals surface area contributed by atoms with E-state index in [0.717, 1.165) is 11.5 Å². The molecular weight excluding hydrogens is 528 g/mol. The van der Waals surface area contributed by atoms with Crippen LogP contribution >= 0.6 is 0 Å². The topological polar surface area (TPSA) is 276 Å². The zero-order valence-electron chi connectivity index (χ0n) is 20.9. The summed E-state index contributed by atoms with van der Waals surface area (Å²) in [4.78, 5) is 39.4. The fraction of sp³-hybridized carbons (Fsp3) is 0.727. The molecule has 1 aromatic rings. The van der Waals surface area contributed by atoms with Gasteiger partial charge in [-0.15, -0.1) is 0 Å². The van der Waals surface area contributed by atoms with Gasteiger partial charge < -0.3 is 61.0 Å². The maximum atomic E-state index is 12.2. The summed E-state index contributed by atoms with van der Waals surface area (Å²) in [5, 5.41) is 73.1. The average molecular weight is 563 g/mol. The molecule has 39 heavy (non-hydrogen) atoms. The zero-order valence-corrected chi connectivity index (χ0v) is 20.9. The largest absolute Gasteiger partial charge is 0.477 e. The molecule has 0 aliphatic carbocycles. The van der Waals surface area contributed by atoms with Crippen molar-refractivity contribution in [2.75, 3.05) is 18.9 Å². The molecule has 3 heterocycles. The summed E-state index contributed by atoms with van der Waals surface area (Å²) in [5.74, 6) is -4.84. The molecule has 10 atom stereocenters. The van der Waals surface area contributed by atoms with Gasteiger partial charge in [0.25, 0.3) is 5.79 Å². The minimum absolute atomic E-state index is 0.0356. The molecule has 1 amide bonds. The van der Waals surface area contributed by atoms with Gasteiger partial charge in [-0.1, -0.05) is 0 Å². The van der Waals surface area contributed by atoms with Crippen molar-refractivity contribution >= 4 is 17.7 Å². The van der Waals surface area contributed by atoms with E-state index >= 15 is 0 Å². The van der Waals surface area contributed by atoms with Crippen molar-refractivity contribution < 1.29 is 59.5 Å². The van der Waals surface area contributed by atoms with Crippen LogP contribution < -0.4 is 16.7 Å². The standard InChI is InChI=1S/C22H34N4O13/c1-9(28)24-14-10(29)7-22(20(34)35,39-18(14)15(31)11(30)8-27)37-6-2-3-12-16(32)17(33)19(38-12)26-5-4-13(23)25-21(26)36/h4-5,10-12,14-19,27,29-33H,2-3,6-8H2,1H3,(H,24,28)(H,34,35)(H2,23,25,36)/t10-,11+,12+,14+,15+,16+,17+,18+,19+,22-/m0/s1. The Morgan fingerprint density at radius 2 is 2.00 bits per heavy atom. The lowest BCUT2D eigenvalue weighted by Crippen LogP contribution is -2.67. The van der Waals surface area contributed by atoms with E-state index < -0.39 is 91.4 Å². The van der Waals surface area contributed by atoms with Crippen LogP contribution in [0.3, 0.4) is 0 Å². The van der Waals surface area contributed by atoms with Crippen LogP contribution in [0.15, 0.2) is 17.1 Å². The van der Waals surface area contributed by atoms with E-state index in [9.17, 15) is 50.1 Å². The van der Waals surface area contributed by atoms with Crippen molar-refractivity contribution in [3.05, 3.63) is 22.7 Å². The van der Waals surface area contributed by atoms with E-state index in [-0.39, 0.29) is 25.3 Å². The number of nitrogens with two attached hydrogens (primary N) is 1. The van der Waals surface area contributed by atoms with Gasteiger partial charge in [0.05, 0.1) is 31.5 Å². The number of ether oxygens (including phenoxy) is 3. The average Bonchev–Trinajstić information content (AvgIpc) is 3.15. The van der Waals surface area contributed by atoms with Crippen LogP contribution in [0.25, 0.3) is 0 Å². The van der Waals surface area contributed by atoms with Crippen molar-refractivity contribution in [2.24, 2.45) is 0 Å². The number of carbonyl (C=O) groups is 2. The van der Waals surface area contributed by atoms with Crippen LogP contribution in [0.1, 0.15) is 32.4 Å². The second-order valence-electron chi connectivity index (χ2n) is 9.46. The molecule has 17 heteroatoms. The van der Waals surface area contributed by atoms with E-state index in [1.807, 2.05) is 0 Å². The van der Waals surface area contributed by atoms with E-state index in [0.29, 0.717) is 0 Å². The van der Waals surface area contributed by atoms with Gasteiger partial charge in [-0.2, -0.15) is 4.98 Å². The molecule has 0 unspecified atom stereocenters. The van der Waals surface area contributed by atoms with Crippen LogP contribution in [-0.2, 0) is 23.8 Å². The fourth-order valence-corrected chi connectivity index (χ4v) is 4.62. The third-order valence-electron chi connectivity index (χ3n) is 6.62. The Hall–Kier alpha value is -2.74. The second kappa shape index (κ2) is 12.6. The van der Waals surface area contributed by atoms with Crippen molar-refractivity contribution in [2.45, 2.75) is 87.0 Å². The number of aliphatic carboxylic acids is 1. The number of hydrogen-bond acceptors (Lipinski definition) is 14. The van der Waals surface area contributed by atoms with Crippen LogP contribution in [0.5, 0.6) is 0 Å². The lowest BCUT2D eigenvalue weighted by atomic mass is 9.88. The minimum Gasteiger partial charge on any atom is -0.477 e. The SMILES string of the molecule is CC(=O)N[C@H]1[C@H]([C@H](O)[C@H](O)CO)O[C@](OCCC[C@H]2O[C@@H](n3ccc(N)nc3=O)[C@H](O)[C@@H]2O)(C(=O)O)C[C@@H]1O. The molecular formula is C22H34N4O13. The first kappa shape index (κ1) is 30.8. The number of nitrogen functional groups attached to an aromatic ring is 1. The molecule has 2 aliphatic heterocycles. The molecule has 0 radical (unpaired) electrons. The van der Waals surface area contributed by atoms with Gasteiger partial charge in [-0.25, -0.2) is 9.59 Å². The van der Waals surface area contributed by atoms with Crippen molar-refractivity contribution in [3.63, 3.8) is 0 Å². The number of aliphatic hydroxyl groups is 6. The third kappa shape index (κ3) is 6.71. The number of hydrogen-bond donors (Lipinski definition) is 9. The van der Waals surface area contributed by atoms with Crippen molar-refractivity contribution in [1.82, 2.24) is 14.9 Å². The molecule has 0 bridgehead atoms. The highest BCUT2D eigenvalue weighted by Gasteiger charge is 2.55. The summed E-state index contributed by atoms with van der Waals surface area (Å²) in [6.07, 6.45) is -11.4. The molecule has 10 N–H and O–H groups in total. The summed E-state index contributed by atoms with van der Waals surface area (Å²) in [5.41, 5.74) is 4.66. The normalized spacial score (nSPS) is 34.4. The molecule has 1 aromatic heterocycles. The highest BCUT2D eigenvalue weighted by atomic mass is 16.7. The molecule has 220 valence electrons. The van der Waals surface area contributed by atoms with Gasteiger partial charge >= 0.3 is 11.7 Å². The predicted molar refractivity (Wildman–Crippen MR) is 127 cm³/mol. The van der Waals surface area contributed by atoms with Crippen LogP contribution in [0.2, 0.25) is 0 Å². The minimum atomic E-state index is -2.50. The molecule has 3 rings (SSSR count).